The summed E-state index contributed by atoms with van der Waals surface area (Å²) in [5, 5.41) is 6.27. The second kappa shape index (κ2) is 7.72. The lowest BCUT2D eigenvalue weighted by molar-refractivity contribution is -0.0968. The van der Waals surface area contributed by atoms with E-state index in [1.54, 1.807) is 0 Å². The number of hydrogen-bond acceptors (Lipinski definition) is 5. The Balaban J connectivity index is 1.44. The van der Waals surface area contributed by atoms with E-state index in [-0.39, 0.29) is 18.1 Å². The first-order chi connectivity index (χ1) is 14.1. The molecule has 0 saturated carbocycles. The molecule has 2 aliphatic rings. The van der Waals surface area contributed by atoms with Crippen molar-refractivity contribution in [2.45, 2.75) is 26.1 Å². The van der Waals surface area contributed by atoms with E-state index in [0.29, 0.717) is 24.8 Å². The zero-order valence-corrected chi connectivity index (χ0v) is 17.7. The first-order valence-corrected chi connectivity index (χ1v) is 11.1. The molecular weight excluding hydrogens is 410 g/mol. The summed E-state index contributed by atoms with van der Waals surface area (Å²) in [7, 11) is 0. The Morgan fingerprint density at radius 2 is 2.07 bits per heavy atom. The van der Waals surface area contributed by atoms with Gasteiger partial charge in [-0.25, -0.2) is 4.68 Å². The van der Waals surface area contributed by atoms with Gasteiger partial charge in [0, 0.05) is 24.4 Å². The van der Waals surface area contributed by atoms with Crippen LogP contribution in [0.15, 0.2) is 30.3 Å². The summed E-state index contributed by atoms with van der Waals surface area (Å²) in [6.07, 6.45) is 1.82. The maximum absolute atomic E-state index is 13.3. The fraction of sp³-hybridized carbons (Fsp3) is 0.429. The number of thiophene rings is 1. The molecule has 8 heteroatoms. The summed E-state index contributed by atoms with van der Waals surface area (Å²) < 4.78 is 13.2. The smallest absolute Gasteiger partial charge is 0.264 e. The van der Waals surface area contributed by atoms with Crippen molar-refractivity contribution in [3.8, 4) is 5.69 Å². The molecule has 0 spiro atoms. The zero-order valence-electron chi connectivity index (χ0n) is 16.1. The molecule has 29 heavy (non-hydrogen) atoms. The Labute approximate surface area is 178 Å². The third-order valence-corrected chi connectivity index (χ3v) is 7.03. The first-order valence-electron chi connectivity index (χ1n) is 9.88. The van der Waals surface area contributed by atoms with Crippen molar-refractivity contribution < 1.29 is 14.3 Å². The van der Waals surface area contributed by atoms with Gasteiger partial charge in [0.1, 0.15) is 4.83 Å². The minimum absolute atomic E-state index is 0.0685. The van der Waals surface area contributed by atoms with Crippen LogP contribution in [0.2, 0.25) is 5.02 Å². The molecule has 1 atom stereocenters. The number of rotatable bonds is 3. The molecule has 2 aliphatic heterocycles. The van der Waals surface area contributed by atoms with Gasteiger partial charge in [-0.05, 0) is 38.0 Å². The van der Waals surface area contributed by atoms with Gasteiger partial charge in [0.05, 0.1) is 34.5 Å². The molecule has 0 N–H and O–H groups in total. The number of nitrogens with zero attached hydrogens (tertiary/aromatic N) is 3. The highest BCUT2D eigenvalue weighted by Crippen LogP contribution is 2.34. The van der Waals surface area contributed by atoms with Crippen LogP contribution in [0.1, 0.15) is 28.2 Å². The third kappa shape index (κ3) is 3.46. The number of carbonyl (C=O) groups is 1. The molecule has 2 fully saturated rings. The molecule has 1 unspecified atom stereocenters. The fourth-order valence-corrected chi connectivity index (χ4v) is 5.52. The molecule has 1 aromatic carbocycles. The van der Waals surface area contributed by atoms with Crippen molar-refractivity contribution >= 4 is 39.1 Å². The average molecular weight is 432 g/mol. The van der Waals surface area contributed by atoms with Crippen molar-refractivity contribution in [1.82, 2.24) is 14.7 Å². The van der Waals surface area contributed by atoms with E-state index < -0.39 is 0 Å². The number of amides is 1. The molecule has 2 aromatic heterocycles. The van der Waals surface area contributed by atoms with Crippen LogP contribution in [0.4, 0.5) is 0 Å². The summed E-state index contributed by atoms with van der Waals surface area (Å²) >= 11 is 7.85. The molecular formula is C21H22ClN3O3S. The number of aromatic nitrogens is 2. The summed E-state index contributed by atoms with van der Waals surface area (Å²) in [5.74, 6) is 0.309. The Bertz CT molecular complexity index is 1060. The minimum atomic E-state index is -0.177. The van der Waals surface area contributed by atoms with E-state index >= 15 is 0 Å². The predicted octanol–water partition coefficient (Wildman–Crippen LogP) is 4.27. The average Bonchev–Trinajstić information content (AvgIpc) is 3.47. The standard InChI is InChI=1S/C21H22ClN3O3S/c1-13-15-11-18(29-20(15)25(23-13)17-7-3-2-6-16(17)22)19(26)24-8-4-5-14(12-24)21-27-9-10-28-21/h2-3,6-7,11,14,21H,4-5,8-10,12H2,1H3. The monoisotopic (exact) mass is 431 g/mol. The summed E-state index contributed by atoms with van der Waals surface area (Å²) in [4.78, 5) is 16.9. The Hall–Kier alpha value is -1.93. The van der Waals surface area contributed by atoms with Gasteiger partial charge >= 0.3 is 0 Å². The predicted molar refractivity (Wildman–Crippen MR) is 113 cm³/mol. The van der Waals surface area contributed by atoms with E-state index in [0.717, 1.165) is 45.9 Å². The molecule has 0 aliphatic carbocycles. The van der Waals surface area contributed by atoms with Gasteiger partial charge in [0.15, 0.2) is 6.29 Å². The molecule has 0 bridgehead atoms. The molecule has 2 saturated heterocycles. The Morgan fingerprint density at radius 3 is 2.86 bits per heavy atom. The lowest BCUT2D eigenvalue weighted by Gasteiger charge is -2.34. The lowest BCUT2D eigenvalue weighted by Crippen LogP contribution is -2.43. The van der Waals surface area contributed by atoms with Crippen LogP contribution in [-0.4, -0.2) is 53.2 Å². The number of aryl methyl sites for hydroxylation is 1. The number of ether oxygens (including phenoxy) is 2. The summed E-state index contributed by atoms with van der Waals surface area (Å²) in [6.45, 7) is 4.69. The zero-order chi connectivity index (χ0) is 20.0. The third-order valence-electron chi connectivity index (χ3n) is 5.61. The quantitative estimate of drug-likeness (QED) is 0.621. The van der Waals surface area contributed by atoms with Gasteiger partial charge in [0.2, 0.25) is 0 Å². The number of para-hydroxylation sites is 1. The SMILES string of the molecule is Cc1nn(-c2ccccc2Cl)c2sc(C(=O)N3CCCC(C4OCCO4)C3)cc12. The lowest BCUT2D eigenvalue weighted by atomic mass is 9.97. The molecule has 4 heterocycles. The van der Waals surface area contributed by atoms with E-state index in [9.17, 15) is 4.79 Å². The van der Waals surface area contributed by atoms with Crippen LogP contribution in [0, 0.1) is 12.8 Å². The maximum Gasteiger partial charge on any atom is 0.264 e. The molecule has 152 valence electrons. The normalized spacial score (nSPS) is 20.6. The van der Waals surface area contributed by atoms with E-state index in [2.05, 4.69) is 5.10 Å². The molecule has 6 nitrogen and oxygen atoms in total. The molecule has 1 amide bonds. The van der Waals surface area contributed by atoms with E-state index in [1.165, 1.54) is 11.3 Å². The number of benzene rings is 1. The Kier molecular flexibility index (Phi) is 5.07. The highest BCUT2D eigenvalue weighted by Gasteiger charge is 2.33. The number of hydrogen-bond donors (Lipinski definition) is 0. The Morgan fingerprint density at radius 1 is 1.28 bits per heavy atom. The van der Waals surface area contributed by atoms with Gasteiger partial charge in [-0.1, -0.05) is 23.7 Å². The van der Waals surface area contributed by atoms with Crippen molar-refractivity contribution in [1.29, 1.82) is 0 Å². The molecule has 5 rings (SSSR count). The van der Waals surface area contributed by atoms with Crippen LogP contribution in [0.5, 0.6) is 0 Å². The summed E-state index contributed by atoms with van der Waals surface area (Å²) in [6, 6.07) is 9.58. The first kappa shape index (κ1) is 19.1. The van der Waals surface area contributed by atoms with Gasteiger partial charge in [-0.2, -0.15) is 5.10 Å². The van der Waals surface area contributed by atoms with Crippen LogP contribution in [0.25, 0.3) is 15.9 Å². The fourth-order valence-electron chi connectivity index (χ4n) is 4.16. The van der Waals surface area contributed by atoms with Gasteiger partial charge in [-0.15, -0.1) is 11.3 Å². The second-order valence-corrected chi connectivity index (χ2v) is 8.98. The number of halogens is 1. The largest absolute Gasteiger partial charge is 0.350 e. The van der Waals surface area contributed by atoms with Crippen molar-refractivity contribution in [3.05, 3.63) is 45.9 Å². The highest BCUT2D eigenvalue weighted by atomic mass is 35.5. The number of fused-ring (bicyclic) bond motifs is 1. The minimum Gasteiger partial charge on any atom is -0.350 e. The van der Waals surface area contributed by atoms with E-state index in [1.807, 2.05) is 46.8 Å². The van der Waals surface area contributed by atoms with Gasteiger partial charge in [0.25, 0.3) is 5.91 Å². The van der Waals surface area contributed by atoms with E-state index in [4.69, 9.17) is 21.1 Å². The van der Waals surface area contributed by atoms with Gasteiger partial charge < -0.3 is 14.4 Å². The van der Waals surface area contributed by atoms with Crippen LogP contribution >= 0.6 is 22.9 Å². The van der Waals surface area contributed by atoms with Crippen molar-refractivity contribution in [3.63, 3.8) is 0 Å². The van der Waals surface area contributed by atoms with Gasteiger partial charge in [-0.3, -0.25) is 4.79 Å². The van der Waals surface area contributed by atoms with Crippen molar-refractivity contribution in [2.24, 2.45) is 5.92 Å². The molecule has 0 radical (unpaired) electrons. The number of carbonyl (C=O) groups excluding carboxylic acids is 1. The van der Waals surface area contributed by atoms with Crippen LogP contribution < -0.4 is 0 Å². The van der Waals surface area contributed by atoms with Crippen molar-refractivity contribution in [2.75, 3.05) is 26.3 Å². The number of piperidine rings is 1. The number of likely N-dealkylation sites (tertiary alicyclic amines) is 1. The molecule has 3 aromatic rings. The maximum atomic E-state index is 13.3. The topological polar surface area (TPSA) is 56.6 Å². The van der Waals surface area contributed by atoms with Crippen LogP contribution in [0.3, 0.4) is 0 Å². The highest BCUT2D eigenvalue weighted by molar-refractivity contribution is 7.20. The second-order valence-electron chi connectivity index (χ2n) is 7.54. The van der Waals surface area contributed by atoms with Crippen LogP contribution in [-0.2, 0) is 9.47 Å². The summed E-state index contributed by atoms with van der Waals surface area (Å²) in [5.41, 5.74) is 1.71.